The number of H-pyrrole nitrogens is 1. The maximum Gasteiger partial charge on any atom is 0.267 e. The van der Waals surface area contributed by atoms with Crippen molar-refractivity contribution < 1.29 is 4.79 Å². The number of carbonyl (C=O) groups is 1. The van der Waals surface area contributed by atoms with E-state index in [0.29, 0.717) is 12.2 Å². The van der Waals surface area contributed by atoms with Crippen LogP contribution in [0.1, 0.15) is 16.1 Å². The summed E-state index contributed by atoms with van der Waals surface area (Å²) in [4.78, 5) is 15.8. The first kappa shape index (κ1) is 14.6. The van der Waals surface area contributed by atoms with Gasteiger partial charge in [0.1, 0.15) is 5.69 Å². The predicted octanol–water partition coefficient (Wildman–Crippen LogP) is 3.63. The molecule has 0 saturated carbocycles. The van der Waals surface area contributed by atoms with Gasteiger partial charge in [0, 0.05) is 41.6 Å². The summed E-state index contributed by atoms with van der Waals surface area (Å²) in [5.41, 5.74) is 4.12. The number of rotatable bonds is 4. The summed E-state index contributed by atoms with van der Waals surface area (Å²) in [5, 5.41) is 5.33. The average molecular weight is 317 g/mol. The lowest BCUT2D eigenvalue weighted by Gasteiger charge is -2.06. The number of benzene rings is 2. The Hall–Kier alpha value is -3.01. The molecular formula is C20H19N3O. The number of hydrogen-bond donors (Lipinski definition) is 2. The van der Waals surface area contributed by atoms with E-state index in [-0.39, 0.29) is 5.91 Å². The summed E-state index contributed by atoms with van der Waals surface area (Å²) in [6, 6.07) is 18.2. The number of nitrogens with one attached hydrogen (secondary N) is 2. The molecule has 1 amide bonds. The molecule has 0 aliphatic rings. The Morgan fingerprint density at radius 1 is 1.12 bits per heavy atom. The van der Waals surface area contributed by atoms with Gasteiger partial charge >= 0.3 is 0 Å². The van der Waals surface area contributed by atoms with Crippen LogP contribution in [0.5, 0.6) is 0 Å². The third kappa shape index (κ3) is 2.46. The van der Waals surface area contributed by atoms with Crippen molar-refractivity contribution in [2.24, 2.45) is 7.05 Å². The molecule has 0 bridgehead atoms. The Kier molecular flexibility index (Phi) is 3.58. The molecule has 0 fully saturated rings. The standard InChI is InChI=1S/C20H19N3O/c1-23-18-9-5-2-6-14(18)12-19(23)20(24)21-11-10-15-13-22-17-8-4-3-7-16(15)17/h2-9,12-13,22H,10-11H2,1H3,(H,21,24). The molecule has 24 heavy (non-hydrogen) atoms. The van der Waals surface area contributed by atoms with Crippen molar-refractivity contribution in [1.29, 1.82) is 0 Å². The number of fused-ring (bicyclic) bond motifs is 2. The second-order valence-electron chi connectivity index (χ2n) is 6.01. The summed E-state index contributed by atoms with van der Waals surface area (Å²) < 4.78 is 1.94. The fourth-order valence-corrected chi connectivity index (χ4v) is 3.25. The first-order chi connectivity index (χ1) is 11.7. The highest BCUT2D eigenvalue weighted by Gasteiger charge is 2.12. The van der Waals surface area contributed by atoms with Crippen LogP contribution in [0.4, 0.5) is 0 Å². The Balaban J connectivity index is 1.47. The number of para-hydroxylation sites is 2. The van der Waals surface area contributed by atoms with Crippen LogP contribution in [0.25, 0.3) is 21.8 Å². The summed E-state index contributed by atoms with van der Waals surface area (Å²) in [6.07, 6.45) is 2.83. The summed E-state index contributed by atoms with van der Waals surface area (Å²) in [5.74, 6) is -0.0338. The van der Waals surface area contributed by atoms with Gasteiger partial charge in [0.2, 0.25) is 0 Å². The summed E-state index contributed by atoms with van der Waals surface area (Å²) in [7, 11) is 1.93. The molecule has 4 nitrogen and oxygen atoms in total. The third-order valence-corrected chi connectivity index (χ3v) is 4.54. The van der Waals surface area contributed by atoms with Gasteiger partial charge in [-0.15, -0.1) is 0 Å². The van der Waals surface area contributed by atoms with E-state index in [1.807, 2.05) is 60.3 Å². The number of nitrogens with zero attached hydrogens (tertiary/aromatic N) is 1. The van der Waals surface area contributed by atoms with Crippen molar-refractivity contribution in [2.75, 3.05) is 6.54 Å². The topological polar surface area (TPSA) is 49.8 Å². The highest BCUT2D eigenvalue weighted by molar-refractivity contribution is 5.98. The lowest BCUT2D eigenvalue weighted by atomic mass is 10.1. The van der Waals surface area contributed by atoms with Gasteiger partial charge in [0.05, 0.1) is 0 Å². The fourth-order valence-electron chi connectivity index (χ4n) is 3.25. The van der Waals surface area contributed by atoms with Crippen molar-refractivity contribution in [3.8, 4) is 0 Å². The Morgan fingerprint density at radius 3 is 2.79 bits per heavy atom. The van der Waals surface area contributed by atoms with E-state index in [1.54, 1.807) is 0 Å². The lowest BCUT2D eigenvalue weighted by Crippen LogP contribution is -2.27. The van der Waals surface area contributed by atoms with Crippen LogP contribution < -0.4 is 5.32 Å². The van der Waals surface area contributed by atoms with Crippen LogP contribution in [0.15, 0.2) is 60.8 Å². The van der Waals surface area contributed by atoms with Crippen LogP contribution in [0.3, 0.4) is 0 Å². The number of aromatic amines is 1. The molecule has 0 aliphatic heterocycles. The first-order valence-electron chi connectivity index (χ1n) is 8.12. The van der Waals surface area contributed by atoms with E-state index in [2.05, 4.69) is 22.4 Å². The second-order valence-corrected chi connectivity index (χ2v) is 6.01. The lowest BCUT2D eigenvalue weighted by molar-refractivity contribution is 0.0946. The molecule has 0 unspecified atom stereocenters. The number of aromatic nitrogens is 2. The fraction of sp³-hybridized carbons (Fsp3) is 0.150. The molecule has 2 N–H and O–H groups in total. The van der Waals surface area contributed by atoms with E-state index >= 15 is 0 Å². The van der Waals surface area contributed by atoms with Crippen LogP contribution in [0, 0.1) is 0 Å². The van der Waals surface area contributed by atoms with Crippen LogP contribution >= 0.6 is 0 Å². The quantitative estimate of drug-likeness (QED) is 0.593. The summed E-state index contributed by atoms with van der Waals surface area (Å²) >= 11 is 0. The Morgan fingerprint density at radius 2 is 1.92 bits per heavy atom. The van der Waals surface area contributed by atoms with Gasteiger partial charge in [0.25, 0.3) is 5.91 Å². The normalized spacial score (nSPS) is 11.2. The molecule has 0 atom stereocenters. The van der Waals surface area contributed by atoms with E-state index in [4.69, 9.17) is 0 Å². The van der Waals surface area contributed by atoms with Crippen molar-refractivity contribution in [3.63, 3.8) is 0 Å². The first-order valence-corrected chi connectivity index (χ1v) is 8.12. The van der Waals surface area contributed by atoms with E-state index in [0.717, 1.165) is 22.8 Å². The van der Waals surface area contributed by atoms with Gasteiger partial charge in [-0.3, -0.25) is 4.79 Å². The molecule has 4 aromatic rings. The zero-order valence-electron chi connectivity index (χ0n) is 13.5. The van der Waals surface area contributed by atoms with Crippen molar-refractivity contribution in [2.45, 2.75) is 6.42 Å². The van der Waals surface area contributed by atoms with Crippen LogP contribution in [-0.2, 0) is 13.5 Å². The van der Waals surface area contributed by atoms with Gasteiger partial charge in [-0.25, -0.2) is 0 Å². The smallest absolute Gasteiger partial charge is 0.267 e. The Labute approximate surface area is 140 Å². The van der Waals surface area contributed by atoms with Crippen LogP contribution in [0.2, 0.25) is 0 Å². The van der Waals surface area contributed by atoms with Gasteiger partial charge in [0.15, 0.2) is 0 Å². The minimum Gasteiger partial charge on any atom is -0.361 e. The van der Waals surface area contributed by atoms with E-state index in [9.17, 15) is 4.79 Å². The zero-order valence-corrected chi connectivity index (χ0v) is 13.5. The number of hydrogen-bond acceptors (Lipinski definition) is 1. The maximum absolute atomic E-state index is 12.5. The SMILES string of the molecule is Cn1c(C(=O)NCCc2c[nH]c3ccccc23)cc2ccccc21. The summed E-state index contributed by atoms with van der Waals surface area (Å²) in [6.45, 7) is 0.613. The second kappa shape index (κ2) is 5.89. The monoisotopic (exact) mass is 317 g/mol. The van der Waals surface area contributed by atoms with Gasteiger partial charge < -0.3 is 14.9 Å². The van der Waals surface area contributed by atoms with Crippen LogP contribution in [-0.4, -0.2) is 22.0 Å². The number of carbonyl (C=O) groups excluding carboxylic acids is 1. The van der Waals surface area contributed by atoms with Gasteiger partial charge in [-0.2, -0.15) is 0 Å². The molecule has 2 aromatic carbocycles. The highest BCUT2D eigenvalue weighted by Crippen LogP contribution is 2.19. The van der Waals surface area contributed by atoms with Crippen molar-refractivity contribution in [3.05, 3.63) is 72.1 Å². The molecule has 2 aromatic heterocycles. The molecule has 0 spiro atoms. The third-order valence-electron chi connectivity index (χ3n) is 4.54. The van der Waals surface area contributed by atoms with Crippen molar-refractivity contribution in [1.82, 2.24) is 14.9 Å². The number of amides is 1. The minimum atomic E-state index is -0.0338. The minimum absolute atomic E-state index is 0.0338. The van der Waals surface area contributed by atoms with Gasteiger partial charge in [-0.05, 0) is 30.2 Å². The average Bonchev–Trinajstić information content (AvgIpc) is 3.17. The molecule has 0 radical (unpaired) electrons. The van der Waals surface area contributed by atoms with Gasteiger partial charge in [-0.1, -0.05) is 36.4 Å². The molecule has 0 saturated heterocycles. The number of aryl methyl sites for hydroxylation is 1. The molecule has 4 heteroatoms. The molecule has 0 aliphatic carbocycles. The maximum atomic E-state index is 12.5. The zero-order chi connectivity index (χ0) is 16.5. The van der Waals surface area contributed by atoms with Crippen molar-refractivity contribution >= 4 is 27.7 Å². The van der Waals surface area contributed by atoms with E-state index in [1.165, 1.54) is 10.9 Å². The largest absolute Gasteiger partial charge is 0.361 e. The Bertz CT molecular complexity index is 1030. The van der Waals surface area contributed by atoms with E-state index < -0.39 is 0 Å². The predicted molar refractivity (Wildman–Crippen MR) is 97.3 cm³/mol. The molecular weight excluding hydrogens is 298 g/mol. The molecule has 2 heterocycles. The molecule has 120 valence electrons. The molecule has 4 rings (SSSR count). The highest BCUT2D eigenvalue weighted by atomic mass is 16.1.